The van der Waals surface area contributed by atoms with Gasteiger partial charge in [-0.15, -0.1) is 0 Å². The standard InChI is InChI=1S/C14H20F3N3O/c1-4-9(5-2)20(3)10-6-7-11(13(18)19-21)12(8-10)14(15,16)17/h6-9,21H,4-5H2,1-3H3,(H2,18,19). The second-order valence-electron chi connectivity index (χ2n) is 4.79. The number of benzene rings is 1. The molecule has 0 bridgehead atoms. The molecule has 0 aliphatic heterocycles. The number of nitrogens with zero attached hydrogens (tertiary/aromatic N) is 2. The van der Waals surface area contributed by atoms with E-state index in [1.54, 1.807) is 13.1 Å². The highest BCUT2D eigenvalue weighted by Crippen LogP contribution is 2.35. The number of nitrogens with two attached hydrogens (primary N) is 1. The number of oxime groups is 1. The minimum atomic E-state index is -4.57. The lowest BCUT2D eigenvalue weighted by molar-refractivity contribution is -0.137. The van der Waals surface area contributed by atoms with E-state index in [-0.39, 0.29) is 11.6 Å². The monoisotopic (exact) mass is 303 g/mol. The lowest BCUT2D eigenvalue weighted by atomic mass is 10.0. The van der Waals surface area contributed by atoms with Crippen molar-refractivity contribution in [1.29, 1.82) is 0 Å². The molecule has 118 valence electrons. The van der Waals surface area contributed by atoms with Gasteiger partial charge in [0.05, 0.1) is 5.56 Å². The van der Waals surface area contributed by atoms with Crippen molar-refractivity contribution in [2.75, 3.05) is 11.9 Å². The quantitative estimate of drug-likeness (QED) is 0.379. The molecule has 0 atom stereocenters. The molecule has 7 heteroatoms. The molecule has 0 fully saturated rings. The van der Waals surface area contributed by atoms with E-state index >= 15 is 0 Å². The number of hydrogen-bond donors (Lipinski definition) is 2. The highest BCUT2D eigenvalue weighted by Gasteiger charge is 2.35. The van der Waals surface area contributed by atoms with E-state index in [2.05, 4.69) is 5.16 Å². The third-order valence-corrected chi connectivity index (χ3v) is 3.59. The van der Waals surface area contributed by atoms with Crippen molar-refractivity contribution >= 4 is 11.5 Å². The Kier molecular flexibility index (Phi) is 5.46. The van der Waals surface area contributed by atoms with Crippen LogP contribution in [0.4, 0.5) is 18.9 Å². The van der Waals surface area contributed by atoms with Crippen molar-refractivity contribution in [2.24, 2.45) is 10.9 Å². The summed E-state index contributed by atoms with van der Waals surface area (Å²) in [6.07, 6.45) is -2.91. The van der Waals surface area contributed by atoms with Crippen LogP contribution in [0.2, 0.25) is 0 Å². The molecule has 21 heavy (non-hydrogen) atoms. The summed E-state index contributed by atoms with van der Waals surface area (Å²) in [5, 5.41) is 11.3. The van der Waals surface area contributed by atoms with Gasteiger partial charge in [0.15, 0.2) is 5.84 Å². The molecule has 4 nitrogen and oxygen atoms in total. The Labute approximate surface area is 122 Å². The van der Waals surface area contributed by atoms with Crippen molar-refractivity contribution in [1.82, 2.24) is 0 Å². The summed E-state index contributed by atoms with van der Waals surface area (Å²) in [5.41, 5.74) is 4.53. The van der Waals surface area contributed by atoms with Crippen LogP contribution in [0.1, 0.15) is 37.8 Å². The second-order valence-corrected chi connectivity index (χ2v) is 4.79. The predicted octanol–water partition coefficient (Wildman–Crippen LogP) is 3.42. The van der Waals surface area contributed by atoms with E-state index in [0.29, 0.717) is 5.69 Å². The van der Waals surface area contributed by atoms with Gasteiger partial charge in [0.1, 0.15) is 0 Å². The molecule has 0 aliphatic carbocycles. The van der Waals surface area contributed by atoms with Crippen LogP contribution in [-0.2, 0) is 6.18 Å². The summed E-state index contributed by atoms with van der Waals surface area (Å²) in [7, 11) is 1.76. The average Bonchev–Trinajstić information content (AvgIpc) is 2.46. The van der Waals surface area contributed by atoms with Crippen LogP contribution in [0.5, 0.6) is 0 Å². The van der Waals surface area contributed by atoms with Gasteiger partial charge in [-0.1, -0.05) is 19.0 Å². The Morgan fingerprint density at radius 3 is 2.33 bits per heavy atom. The van der Waals surface area contributed by atoms with Gasteiger partial charge in [0.25, 0.3) is 0 Å². The number of rotatable bonds is 5. The maximum absolute atomic E-state index is 13.1. The van der Waals surface area contributed by atoms with Crippen LogP contribution in [0.3, 0.4) is 0 Å². The zero-order chi connectivity index (χ0) is 16.2. The fourth-order valence-electron chi connectivity index (χ4n) is 2.31. The SMILES string of the molecule is CCC(CC)N(C)c1ccc(/C(N)=N/O)c(C(F)(F)F)c1. The molecule has 0 aromatic heterocycles. The molecule has 0 unspecified atom stereocenters. The zero-order valence-corrected chi connectivity index (χ0v) is 12.3. The smallest absolute Gasteiger partial charge is 0.409 e. The number of amidine groups is 1. The molecule has 0 radical (unpaired) electrons. The molecule has 0 spiro atoms. The average molecular weight is 303 g/mol. The van der Waals surface area contributed by atoms with Crippen molar-refractivity contribution in [3.8, 4) is 0 Å². The third kappa shape index (κ3) is 3.80. The highest BCUT2D eigenvalue weighted by atomic mass is 19.4. The first kappa shape index (κ1) is 17.1. The van der Waals surface area contributed by atoms with Gasteiger partial charge in [-0.25, -0.2) is 0 Å². The van der Waals surface area contributed by atoms with Gasteiger partial charge >= 0.3 is 6.18 Å². The van der Waals surface area contributed by atoms with E-state index < -0.39 is 17.6 Å². The first-order chi connectivity index (χ1) is 9.76. The minimum absolute atomic E-state index is 0.154. The number of anilines is 1. The van der Waals surface area contributed by atoms with E-state index in [9.17, 15) is 13.2 Å². The molecule has 0 saturated carbocycles. The summed E-state index contributed by atoms with van der Waals surface area (Å²) in [6, 6.07) is 3.96. The molecule has 1 aromatic carbocycles. The topological polar surface area (TPSA) is 61.8 Å². The van der Waals surface area contributed by atoms with Crippen LogP contribution in [0.25, 0.3) is 0 Å². The van der Waals surface area contributed by atoms with Gasteiger partial charge in [0.2, 0.25) is 0 Å². The Hall–Kier alpha value is -1.92. The summed E-state index contributed by atoms with van der Waals surface area (Å²) in [6.45, 7) is 3.97. The first-order valence-corrected chi connectivity index (χ1v) is 6.68. The van der Waals surface area contributed by atoms with Crippen LogP contribution in [0.15, 0.2) is 23.4 Å². The Morgan fingerprint density at radius 2 is 1.90 bits per heavy atom. The summed E-state index contributed by atoms with van der Waals surface area (Å²) in [5.74, 6) is -0.556. The number of hydrogen-bond acceptors (Lipinski definition) is 3. The lowest BCUT2D eigenvalue weighted by Gasteiger charge is -2.29. The second kappa shape index (κ2) is 6.69. The van der Waals surface area contributed by atoms with Crippen LogP contribution in [0, 0.1) is 0 Å². The minimum Gasteiger partial charge on any atom is -0.409 e. The van der Waals surface area contributed by atoms with E-state index in [0.717, 1.165) is 18.9 Å². The molecule has 0 saturated heterocycles. The predicted molar refractivity (Wildman–Crippen MR) is 76.7 cm³/mol. The Bertz CT molecular complexity index is 511. The van der Waals surface area contributed by atoms with Gasteiger partial charge in [0, 0.05) is 24.3 Å². The van der Waals surface area contributed by atoms with Gasteiger partial charge in [-0.3, -0.25) is 0 Å². The van der Waals surface area contributed by atoms with Gasteiger partial charge in [-0.05, 0) is 31.0 Å². The molecular weight excluding hydrogens is 283 g/mol. The van der Waals surface area contributed by atoms with E-state index in [4.69, 9.17) is 10.9 Å². The van der Waals surface area contributed by atoms with Crippen molar-refractivity contribution < 1.29 is 18.4 Å². The molecule has 1 aromatic rings. The molecule has 3 N–H and O–H groups in total. The summed E-state index contributed by atoms with van der Waals surface area (Å²) >= 11 is 0. The van der Waals surface area contributed by atoms with Crippen LogP contribution >= 0.6 is 0 Å². The normalized spacial score (nSPS) is 12.8. The fourth-order valence-corrected chi connectivity index (χ4v) is 2.31. The first-order valence-electron chi connectivity index (χ1n) is 6.68. The molecular formula is C14H20F3N3O. The highest BCUT2D eigenvalue weighted by molar-refractivity contribution is 5.99. The van der Waals surface area contributed by atoms with E-state index in [1.807, 2.05) is 18.7 Å². The van der Waals surface area contributed by atoms with Crippen molar-refractivity contribution in [3.63, 3.8) is 0 Å². The molecule has 0 amide bonds. The molecule has 1 rings (SSSR count). The third-order valence-electron chi connectivity index (χ3n) is 3.59. The van der Waals surface area contributed by atoms with Gasteiger partial charge in [-0.2, -0.15) is 13.2 Å². The van der Waals surface area contributed by atoms with Crippen molar-refractivity contribution in [2.45, 2.75) is 38.9 Å². The molecule has 0 heterocycles. The number of alkyl halides is 3. The van der Waals surface area contributed by atoms with Crippen molar-refractivity contribution in [3.05, 3.63) is 29.3 Å². The maximum atomic E-state index is 13.1. The fraction of sp³-hybridized carbons (Fsp3) is 0.500. The van der Waals surface area contributed by atoms with Crippen LogP contribution in [-0.4, -0.2) is 24.1 Å². The van der Waals surface area contributed by atoms with E-state index in [1.165, 1.54) is 6.07 Å². The zero-order valence-electron chi connectivity index (χ0n) is 12.3. The maximum Gasteiger partial charge on any atom is 0.417 e. The summed E-state index contributed by atoms with van der Waals surface area (Å²) < 4.78 is 39.4. The lowest BCUT2D eigenvalue weighted by Crippen LogP contribution is -2.31. The Morgan fingerprint density at radius 1 is 1.33 bits per heavy atom. The Balaban J connectivity index is 3.35. The number of halogens is 3. The molecule has 0 aliphatic rings. The van der Waals surface area contributed by atoms with Crippen LogP contribution < -0.4 is 10.6 Å². The van der Waals surface area contributed by atoms with Gasteiger partial charge < -0.3 is 15.8 Å². The summed E-state index contributed by atoms with van der Waals surface area (Å²) in [4.78, 5) is 1.81. The largest absolute Gasteiger partial charge is 0.417 e.